The summed E-state index contributed by atoms with van der Waals surface area (Å²) in [5, 5.41) is -0.517. The highest BCUT2D eigenvalue weighted by atomic mass is 35.5. The summed E-state index contributed by atoms with van der Waals surface area (Å²) in [7, 11) is 0. The predicted molar refractivity (Wildman–Crippen MR) is 82.6 cm³/mol. The van der Waals surface area contributed by atoms with Gasteiger partial charge in [0.05, 0.1) is 19.6 Å². The first kappa shape index (κ1) is 16.5. The van der Waals surface area contributed by atoms with Crippen LogP contribution in [0.3, 0.4) is 0 Å². The van der Waals surface area contributed by atoms with Crippen molar-refractivity contribution in [3.63, 3.8) is 0 Å². The molecular formula is C17H16ClFO3. The summed E-state index contributed by atoms with van der Waals surface area (Å²) in [6, 6.07) is 13.8. The van der Waals surface area contributed by atoms with Crippen molar-refractivity contribution in [1.29, 1.82) is 0 Å². The first-order valence-electron chi connectivity index (χ1n) is 6.86. The number of halogens is 2. The highest BCUT2D eigenvalue weighted by molar-refractivity contribution is 6.63. The first-order valence-corrected chi connectivity index (χ1v) is 7.24. The molecule has 0 saturated heterocycles. The molecular weight excluding hydrogens is 307 g/mol. The predicted octanol–water partition coefficient (Wildman–Crippen LogP) is 3.73. The molecule has 0 amide bonds. The van der Waals surface area contributed by atoms with Gasteiger partial charge in [-0.1, -0.05) is 36.4 Å². The number of rotatable bonds is 8. The molecule has 0 spiro atoms. The van der Waals surface area contributed by atoms with Crippen LogP contribution in [0.25, 0.3) is 0 Å². The van der Waals surface area contributed by atoms with E-state index in [4.69, 9.17) is 21.1 Å². The van der Waals surface area contributed by atoms with Gasteiger partial charge in [-0.2, -0.15) is 0 Å². The Labute approximate surface area is 133 Å². The van der Waals surface area contributed by atoms with E-state index in [0.29, 0.717) is 24.5 Å². The SMILES string of the molecule is O=C(Cl)Cc1ccc(F)cc1OCCOCc1ccccc1. The molecule has 0 fully saturated rings. The molecule has 0 aliphatic rings. The molecule has 0 bridgehead atoms. The number of ether oxygens (including phenoxy) is 2. The average Bonchev–Trinajstić information content (AvgIpc) is 2.50. The Kier molecular flexibility index (Phi) is 6.37. The zero-order chi connectivity index (χ0) is 15.8. The third kappa shape index (κ3) is 5.47. The monoisotopic (exact) mass is 322 g/mol. The lowest BCUT2D eigenvalue weighted by molar-refractivity contribution is -0.111. The van der Waals surface area contributed by atoms with E-state index in [9.17, 15) is 9.18 Å². The van der Waals surface area contributed by atoms with Crippen molar-refractivity contribution in [3.8, 4) is 5.75 Å². The first-order chi connectivity index (χ1) is 10.6. The number of hydrogen-bond acceptors (Lipinski definition) is 3. The molecule has 2 rings (SSSR count). The van der Waals surface area contributed by atoms with Crippen LogP contribution >= 0.6 is 11.6 Å². The lowest BCUT2D eigenvalue weighted by Crippen LogP contribution is -2.09. The summed E-state index contributed by atoms with van der Waals surface area (Å²) in [6.07, 6.45) is 0.00203. The minimum absolute atomic E-state index is 0.00203. The quantitative estimate of drug-likeness (QED) is 0.549. The van der Waals surface area contributed by atoms with E-state index in [0.717, 1.165) is 5.56 Å². The maximum atomic E-state index is 13.3. The lowest BCUT2D eigenvalue weighted by Gasteiger charge is -2.11. The number of benzene rings is 2. The van der Waals surface area contributed by atoms with Gasteiger partial charge in [-0.15, -0.1) is 0 Å². The van der Waals surface area contributed by atoms with Crippen molar-refractivity contribution in [1.82, 2.24) is 0 Å². The summed E-state index contributed by atoms with van der Waals surface area (Å²) in [4.78, 5) is 11.0. The molecule has 0 radical (unpaired) electrons. The molecule has 0 N–H and O–H groups in total. The molecule has 0 aliphatic carbocycles. The van der Waals surface area contributed by atoms with E-state index in [2.05, 4.69) is 0 Å². The third-order valence-corrected chi connectivity index (χ3v) is 3.09. The van der Waals surface area contributed by atoms with E-state index in [1.54, 1.807) is 0 Å². The second-order valence-corrected chi connectivity index (χ2v) is 5.09. The van der Waals surface area contributed by atoms with Gasteiger partial charge in [-0.3, -0.25) is 4.79 Å². The fourth-order valence-electron chi connectivity index (χ4n) is 1.93. The van der Waals surface area contributed by atoms with Gasteiger partial charge in [0.1, 0.15) is 18.2 Å². The van der Waals surface area contributed by atoms with Crippen molar-refractivity contribution in [2.45, 2.75) is 13.0 Å². The Morgan fingerprint density at radius 2 is 1.86 bits per heavy atom. The summed E-state index contributed by atoms with van der Waals surface area (Å²) < 4.78 is 24.2. The minimum atomic E-state index is -0.517. The van der Waals surface area contributed by atoms with Crippen LogP contribution in [0, 0.1) is 5.82 Å². The van der Waals surface area contributed by atoms with Gasteiger partial charge < -0.3 is 9.47 Å². The normalized spacial score (nSPS) is 10.5. The van der Waals surface area contributed by atoms with Crippen molar-refractivity contribution >= 4 is 16.8 Å². The molecule has 0 aliphatic heterocycles. The lowest BCUT2D eigenvalue weighted by atomic mass is 10.1. The van der Waals surface area contributed by atoms with Gasteiger partial charge in [0.2, 0.25) is 5.24 Å². The molecule has 116 valence electrons. The smallest absolute Gasteiger partial charge is 0.226 e. The van der Waals surface area contributed by atoms with Crippen LogP contribution in [0.4, 0.5) is 4.39 Å². The Morgan fingerprint density at radius 3 is 2.59 bits per heavy atom. The highest BCUT2D eigenvalue weighted by Gasteiger charge is 2.09. The van der Waals surface area contributed by atoms with Crippen molar-refractivity contribution < 1.29 is 18.7 Å². The van der Waals surface area contributed by atoms with Crippen molar-refractivity contribution in [3.05, 3.63) is 65.5 Å². The van der Waals surface area contributed by atoms with E-state index < -0.39 is 11.1 Å². The molecule has 2 aromatic rings. The van der Waals surface area contributed by atoms with E-state index in [1.807, 2.05) is 30.3 Å². The summed E-state index contributed by atoms with van der Waals surface area (Å²) in [6.45, 7) is 1.11. The fraction of sp³-hybridized carbons (Fsp3) is 0.235. The van der Waals surface area contributed by atoms with Crippen LogP contribution in [0.1, 0.15) is 11.1 Å². The maximum Gasteiger partial charge on any atom is 0.226 e. The van der Waals surface area contributed by atoms with E-state index in [-0.39, 0.29) is 13.0 Å². The summed E-state index contributed by atoms with van der Waals surface area (Å²) in [5.41, 5.74) is 1.63. The maximum absolute atomic E-state index is 13.3. The molecule has 0 atom stereocenters. The van der Waals surface area contributed by atoms with Gasteiger partial charge in [0.15, 0.2) is 0 Å². The Hall–Kier alpha value is -1.91. The molecule has 0 heterocycles. The standard InChI is InChI=1S/C17H16ClFO3/c18-17(20)10-14-6-7-15(19)11-16(14)22-9-8-21-12-13-4-2-1-3-5-13/h1-7,11H,8-10,12H2. The summed E-state index contributed by atoms with van der Waals surface area (Å²) in [5.74, 6) is -0.108. The Morgan fingerprint density at radius 1 is 1.09 bits per heavy atom. The van der Waals surface area contributed by atoms with Crippen LogP contribution in [0.2, 0.25) is 0 Å². The molecule has 22 heavy (non-hydrogen) atoms. The van der Waals surface area contributed by atoms with Crippen LogP contribution in [-0.2, 0) is 22.6 Å². The third-order valence-electron chi connectivity index (χ3n) is 2.96. The molecule has 0 unspecified atom stereocenters. The molecule has 3 nitrogen and oxygen atoms in total. The van der Waals surface area contributed by atoms with E-state index >= 15 is 0 Å². The molecule has 5 heteroatoms. The molecule has 0 aromatic heterocycles. The zero-order valence-corrected chi connectivity index (χ0v) is 12.7. The van der Waals surface area contributed by atoms with Crippen molar-refractivity contribution in [2.24, 2.45) is 0 Å². The molecule has 2 aromatic carbocycles. The average molecular weight is 323 g/mol. The van der Waals surface area contributed by atoms with E-state index in [1.165, 1.54) is 18.2 Å². The Balaban J connectivity index is 1.81. The topological polar surface area (TPSA) is 35.5 Å². The zero-order valence-electron chi connectivity index (χ0n) is 11.9. The fourth-order valence-corrected chi connectivity index (χ4v) is 2.08. The van der Waals surface area contributed by atoms with Crippen LogP contribution < -0.4 is 4.74 Å². The van der Waals surface area contributed by atoms with Gasteiger partial charge in [0.25, 0.3) is 0 Å². The molecule has 0 saturated carbocycles. The van der Waals surface area contributed by atoms with Gasteiger partial charge in [-0.05, 0) is 23.2 Å². The van der Waals surface area contributed by atoms with Gasteiger partial charge in [0, 0.05) is 11.6 Å². The number of carbonyl (C=O) groups excluding carboxylic acids is 1. The second kappa shape index (κ2) is 8.51. The van der Waals surface area contributed by atoms with Crippen LogP contribution in [0.5, 0.6) is 5.75 Å². The van der Waals surface area contributed by atoms with Gasteiger partial charge in [-0.25, -0.2) is 4.39 Å². The highest BCUT2D eigenvalue weighted by Crippen LogP contribution is 2.21. The second-order valence-electron chi connectivity index (χ2n) is 4.67. The number of hydrogen-bond donors (Lipinski definition) is 0. The largest absolute Gasteiger partial charge is 0.491 e. The summed E-state index contributed by atoms with van der Waals surface area (Å²) >= 11 is 5.36. The minimum Gasteiger partial charge on any atom is -0.491 e. The van der Waals surface area contributed by atoms with Crippen molar-refractivity contribution in [2.75, 3.05) is 13.2 Å². The van der Waals surface area contributed by atoms with Crippen LogP contribution in [0.15, 0.2) is 48.5 Å². The van der Waals surface area contributed by atoms with Crippen LogP contribution in [-0.4, -0.2) is 18.5 Å². The Bertz CT molecular complexity index is 617. The van der Waals surface area contributed by atoms with Gasteiger partial charge >= 0.3 is 0 Å². The number of carbonyl (C=O) groups is 1.